The van der Waals surface area contributed by atoms with Gasteiger partial charge >= 0.3 is 18.3 Å². The molecule has 0 spiro atoms. The molecule has 0 fully saturated rings. The maximum atomic E-state index is 12.7. The molecule has 0 aliphatic carbocycles. The highest BCUT2D eigenvalue weighted by Gasteiger charge is 2.36. The molecule has 0 aliphatic rings. The van der Waals surface area contributed by atoms with Crippen molar-refractivity contribution >= 4 is 11.9 Å². The van der Waals surface area contributed by atoms with Crippen LogP contribution in [-0.2, 0) is 11.0 Å². The third-order valence-corrected chi connectivity index (χ3v) is 3.20. The number of aromatic nitrogens is 3. The molecule has 7 nitrogen and oxygen atoms in total. The number of hydrogen-bond acceptors (Lipinski definition) is 4. The largest absolute Gasteiger partial charge is 0.480 e. The second kappa shape index (κ2) is 7.25. The molecule has 0 saturated heterocycles. The van der Waals surface area contributed by atoms with Gasteiger partial charge in [-0.25, -0.2) is 9.48 Å². The molecule has 1 aromatic heterocycles. The van der Waals surface area contributed by atoms with Crippen molar-refractivity contribution < 1.29 is 41.0 Å². The van der Waals surface area contributed by atoms with Crippen LogP contribution >= 0.6 is 0 Å². The van der Waals surface area contributed by atoms with Crippen molar-refractivity contribution in [2.75, 3.05) is 0 Å². The van der Waals surface area contributed by atoms with Crippen LogP contribution in [0, 0.1) is 0 Å². The first-order valence-corrected chi connectivity index (χ1v) is 7.07. The van der Waals surface area contributed by atoms with Crippen LogP contribution in [0.15, 0.2) is 30.5 Å². The number of carboxylic acids is 1. The van der Waals surface area contributed by atoms with Gasteiger partial charge in [0.2, 0.25) is 0 Å². The number of amides is 1. The Morgan fingerprint density at radius 3 is 2.41 bits per heavy atom. The molecule has 2 aromatic rings. The average molecular weight is 396 g/mol. The second-order valence-electron chi connectivity index (χ2n) is 5.28. The number of halogens is 6. The fourth-order valence-electron chi connectivity index (χ4n) is 1.98. The van der Waals surface area contributed by atoms with Gasteiger partial charge in [0.1, 0.15) is 6.04 Å². The number of aliphatic carboxylic acids is 1. The molecule has 0 bridgehead atoms. The van der Waals surface area contributed by atoms with Crippen LogP contribution in [0.2, 0.25) is 0 Å². The molecule has 0 saturated carbocycles. The Kier molecular flexibility index (Phi) is 5.42. The molecule has 0 radical (unpaired) electrons. The highest BCUT2D eigenvalue weighted by atomic mass is 19.4. The van der Waals surface area contributed by atoms with Gasteiger partial charge in [0.15, 0.2) is 5.69 Å². The fraction of sp³-hybridized carbons (Fsp3) is 0.286. The predicted molar refractivity (Wildman–Crippen MR) is 75.9 cm³/mol. The number of nitrogens with one attached hydrogen (secondary N) is 1. The molecule has 1 heterocycles. The van der Waals surface area contributed by atoms with Crippen molar-refractivity contribution in [3.05, 3.63) is 41.7 Å². The van der Waals surface area contributed by atoms with Crippen LogP contribution in [-0.4, -0.2) is 44.2 Å². The number of benzene rings is 1. The smallest absolute Gasteiger partial charge is 0.416 e. The first-order chi connectivity index (χ1) is 12.4. The molecule has 1 atom stereocenters. The van der Waals surface area contributed by atoms with Crippen molar-refractivity contribution in [3.8, 4) is 5.69 Å². The number of nitrogens with zero attached hydrogens (tertiary/aromatic N) is 3. The van der Waals surface area contributed by atoms with Crippen LogP contribution in [0.4, 0.5) is 26.3 Å². The normalized spacial score (nSPS) is 13.3. The van der Waals surface area contributed by atoms with Crippen molar-refractivity contribution in [2.24, 2.45) is 0 Å². The minimum atomic E-state index is -4.84. The second-order valence-corrected chi connectivity index (χ2v) is 5.28. The quantitative estimate of drug-likeness (QED) is 0.757. The number of hydrogen-bond donors (Lipinski definition) is 2. The van der Waals surface area contributed by atoms with Gasteiger partial charge in [-0.2, -0.15) is 26.3 Å². The first kappa shape index (κ1) is 20.2. The Bertz CT molecular complexity index is 846. The van der Waals surface area contributed by atoms with E-state index in [1.807, 2.05) is 0 Å². The lowest BCUT2D eigenvalue weighted by atomic mass is 10.2. The SMILES string of the molecule is O=C(NC(CC(F)(F)F)C(=O)O)c1cn(-c2cccc(C(F)(F)F)c2)nn1. The summed E-state index contributed by atoms with van der Waals surface area (Å²) >= 11 is 0. The zero-order chi connectivity index (χ0) is 20.4. The average Bonchev–Trinajstić information content (AvgIpc) is 3.02. The van der Waals surface area contributed by atoms with Gasteiger partial charge in [0.05, 0.1) is 23.9 Å². The predicted octanol–water partition coefficient (Wildman–Crippen LogP) is 2.42. The van der Waals surface area contributed by atoms with E-state index in [2.05, 4.69) is 10.3 Å². The number of carboxylic acid groups (broad SMARTS) is 1. The summed E-state index contributed by atoms with van der Waals surface area (Å²) in [5.41, 5.74) is -1.67. The minimum absolute atomic E-state index is 0.110. The Morgan fingerprint density at radius 1 is 1.19 bits per heavy atom. The summed E-state index contributed by atoms with van der Waals surface area (Å²) < 4.78 is 76.0. The maximum Gasteiger partial charge on any atom is 0.416 e. The van der Waals surface area contributed by atoms with Crippen molar-refractivity contribution in [1.82, 2.24) is 20.3 Å². The van der Waals surface area contributed by atoms with Crippen molar-refractivity contribution in [2.45, 2.75) is 24.8 Å². The Morgan fingerprint density at radius 2 is 1.85 bits per heavy atom. The van der Waals surface area contributed by atoms with Crippen LogP contribution in [0.3, 0.4) is 0 Å². The monoisotopic (exact) mass is 396 g/mol. The molecule has 27 heavy (non-hydrogen) atoms. The van der Waals surface area contributed by atoms with E-state index in [-0.39, 0.29) is 5.69 Å². The topological polar surface area (TPSA) is 97.1 Å². The first-order valence-electron chi connectivity index (χ1n) is 7.07. The van der Waals surface area contributed by atoms with Crippen molar-refractivity contribution in [1.29, 1.82) is 0 Å². The molecular weight excluding hydrogens is 386 g/mol. The molecule has 0 aliphatic heterocycles. The van der Waals surface area contributed by atoms with E-state index in [1.165, 1.54) is 6.07 Å². The lowest BCUT2D eigenvalue weighted by Crippen LogP contribution is -2.43. The van der Waals surface area contributed by atoms with Crippen LogP contribution < -0.4 is 5.32 Å². The highest BCUT2D eigenvalue weighted by molar-refractivity contribution is 5.94. The van der Waals surface area contributed by atoms with Gasteiger partial charge in [0.25, 0.3) is 5.91 Å². The van der Waals surface area contributed by atoms with Crippen LogP contribution in [0.1, 0.15) is 22.5 Å². The van der Waals surface area contributed by atoms with E-state index in [0.29, 0.717) is 0 Å². The lowest BCUT2D eigenvalue weighted by molar-refractivity contribution is -0.157. The summed E-state index contributed by atoms with van der Waals surface area (Å²) in [5.74, 6) is -3.18. The molecule has 1 aromatic carbocycles. The molecule has 1 unspecified atom stereocenters. The highest BCUT2D eigenvalue weighted by Crippen LogP contribution is 2.30. The third kappa shape index (κ3) is 5.43. The number of alkyl halides is 6. The molecule has 146 valence electrons. The van der Waals surface area contributed by atoms with Gasteiger partial charge in [0, 0.05) is 0 Å². The molecule has 2 rings (SSSR count). The van der Waals surface area contributed by atoms with Gasteiger partial charge in [-0.3, -0.25) is 4.79 Å². The Hall–Kier alpha value is -3.12. The Labute approximate surface area is 146 Å². The van der Waals surface area contributed by atoms with E-state index in [4.69, 9.17) is 5.11 Å². The standard InChI is InChI=1S/C14H10F6N4O3/c15-13(16,17)5-9(12(26)27)21-11(25)10-6-24(23-22-10)8-3-1-2-7(4-8)14(18,19)20/h1-4,6,9H,5H2,(H,21,25)(H,26,27). The van der Waals surface area contributed by atoms with E-state index < -0.39 is 47.9 Å². The van der Waals surface area contributed by atoms with E-state index >= 15 is 0 Å². The molecule has 2 N–H and O–H groups in total. The Balaban J connectivity index is 2.19. The van der Waals surface area contributed by atoms with Gasteiger partial charge in [-0.15, -0.1) is 5.10 Å². The summed E-state index contributed by atoms with van der Waals surface area (Å²) in [6.07, 6.45) is -10.4. The van der Waals surface area contributed by atoms with Gasteiger partial charge in [-0.1, -0.05) is 11.3 Å². The summed E-state index contributed by atoms with van der Waals surface area (Å²) in [6, 6.07) is 1.60. The zero-order valence-corrected chi connectivity index (χ0v) is 13.0. The van der Waals surface area contributed by atoms with Gasteiger partial charge in [-0.05, 0) is 18.2 Å². The fourth-order valence-corrected chi connectivity index (χ4v) is 1.98. The summed E-state index contributed by atoms with van der Waals surface area (Å²) in [4.78, 5) is 22.7. The summed E-state index contributed by atoms with van der Waals surface area (Å²) in [7, 11) is 0. The number of carbonyl (C=O) groups is 2. The van der Waals surface area contributed by atoms with Crippen LogP contribution in [0.5, 0.6) is 0 Å². The van der Waals surface area contributed by atoms with E-state index in [9.17, 15) is 35.9 Å². The summed E-state index contributed by atoms with van der Waals surface area (Å²) in [5, 5.41) is 17.2. The summed E-state index contributed by atoms with van der Waals surface area (Å²) in [6.45, 7) is 0. The number of rotatable bonds is 5. The maximum absolute atomic E-state index is 12.7. The van der Waals surface area contributed by atoms with E-state index in [1.54, 1.807) is 5.32 Å². The molecule has 13 heteroatoms. The number of carbonyl (C=O) groups excluding carboxylic acids is 1. The minimum Gasteiger partial charge on any atom is -0.480 e. The van der Waals surface area contributed by atoms with Crippen LogP contribution in [0.25, 0.3) is 5.69 Å². The molecule has 1 amide bonds. The third-order valence-electron chi connectivity index (χ3n) is 3.20. The zero-order valence-electron chi connectivity index (χ0n) is 13.0. The lowest BCUT2D eigenvalue weighted by Gasteiger charge is -2.15. The van der Waals surface area contributed by atoms with Crippen molar-refractivity contribution in [3.63, 3.8) is 0 Å². The van der Waals surface area contributed by atoms with Gasteiger partial charge < -0.3 is 10.4 Å². The molecular formula is C14H10F6N4O3. The van der Waals surface area contributed by atoms with E-state index in [0.717, 1.165) is 29.1 Å².